The van der Waals surface area contributed by atoms with E-state index >= 15 is 0 Å². The molecule has 3 rings (SSSR count). The molecule has 2 aromatic heterocycles. The van der Waals surface area contributed by atoms with E-state index in [4.69, 9.17) is 0 Å². The first-order valence-corrected chi connectivity index (χ1v) is 6.55. The third-order valence-electron chi connectivity index (χ3n) is 2.86. The van der Waals surface area contributed by atoms with Crippen molar-refractivity contribution in [3.8, 4) is 0 Å². The maximum atomic E-state index is 11.9. The summed E-state index contributed by atoms with van der Waals surface area (Å²) in [6, 6.07) is 4.16. The number of carbonyl (C=O) groups is 1. The molecule has 2 aromatic rings. The summed E-state index contributed by atoms with van der Waals surface area (Å²) in [7, 11) is 0. The molecule has 0 spiro atoms. The first-order chi connectivity index (χ1) is 6.84. The van der Waals surface area contributed by atoms with E-state index < -0.39 is 0 Å². The standard InChI is InChI=1S/C11H10OS2/c12-11(7-2-1-3-7)10-6-9-8(14-10)4-5-13-9/h4-7H,1-3H2. The molecule has 1 saturated carbocycles. The van der Waals surface area contributed by atoms with E-state index in [2.05, 4.69) is 17.5 Å². The van der Waals surface area contributed by atoms with Crippen molar-refractivity contribution in [3.63, 3.8) is 0 Å². The highest BCUT2D eigenvalue weighted by molar-refractivity contribution is 7.27. The summed E-state index contributed by atoms with van der Waals surface area (Å²) in [6.45, 7) is 0. The smallest absolute Gasteiger partial charge is 0.175 e. The van der Waals surface area contributed by atoms with E-state index in [0.29, 0.717) is 11.7 Å². The van der Waals surface area contributed by atoms with Gasteiger partial charge in [-0.3, -0.25) is 4.79 Å². The molecule has 0 N–H and O–H groups in total. The highest BCUT2D eigenvalue weighted by Crippen LogP contribution is 2.35. The van der Waals surface area contributed by atoms with Crippen molar-refractivity contribution in [2.24, 2.45) is 5.92 Å². The predicted molar refractivity (Wildman–Crippen MR) is 61.4 cm³/mol. The van der Waals surface area contributed by atoms with Gasteiger partial charge in [-0.25, -0.2) is 0 Å². The Bertz CT molecular complexity index is 448. The van der Waals surface area contributed by atoms with E-state index in [1.807, 2.05) is 0 Å². The second-order valence-corrected chi connectivity index (χ2v) is 5.78. The van der Waals surface area contributed by atoms with Crippen molar-refractivity contribution in [2.75, 3.05) is 0 Å². The van der Waals surface area contributed by atoms with Crippen LogP contribution in [0, 0.1) is 5.92 Å². The lowest BCUT2D eigenvalue weighted by Gasteiger charge is -2.22. The zero-order valence-electron chi connectivity index (χ0n) is 7.66. The zero-order valence-corrected chi connectivity index (χ0v) is 9.29. The molecular weight excluding hydrogens is 212 g/mol. The van der Waals surface area contributed by atoms with Crippen molar-refractivity contribution in [3.05, 3.63) is 22.4 Å². The molecule has 0 amide bonds. The Morgan fingerprint density at radius 1 is 1.36 bits per heavy atom. The third kappa shape index (κ3) is 1.23. The molecule has 14 heavy (non-hydrogen) atoms. The molecule has 2 heterocycles. The Morgan fingerprint density at radius 3 is 2.86 bits per heavy atom. The van der Waals surface area contributed by atoms with E-state index in [9.17, 15) is 4.79 Å². The first-order valence-electron chi connectivity index (χ1n) is 4.86. The van der Waals surface area contributed by atoms with Gasteiger partial charge in [-0.15, -0.1) is 22.7 Å². The van der Waals surface area contributed by atoms with E-state index in [0.717, 1.165) is 17.7 Å². The Kier molecular flexibility index (Phi) is 1.96. The molecule has 1 aliphatic rings. The van der Waals surface area contributed by atoms with Crippen LogP contribution < -0.4 is 0 Å². The zero-order chi connectivity index (χ0) is 9.54. The summed E-state index contributed by atoms with van der Waals surface area (Å²) < 4.78 is 2.52. The molecule has 1 nitrogen and oxygen atoms in total. The number of fused-ring (bicyclic) bond motifs is 1. The fraction of sp³-hybridized carbons (Fsp3) is 0.364. The highest BCUT2D eigenvalue weighted by Gasteiger charge is 2.27. The molecular formula is C11H10OS2. The monoisotopic (exact) mass is 222 g/mol. The minimum Gasteiger partial charge on any atom is -0.293 e. The summed E-state index contributed by atoms with van der Waals surface area (Å²) in [5.74, 6) is 0.715. The van der Waals surface area contributed by atoms with Gasteiger partial charge in [0, 0.05) is 15.3 Å². The molecule has 0 aliphatic heterocycles. The molecule has 0 aromatic carbocycles. The van der Waals surface area contributed by atoms with Crippen LogP contribution in [0.1, 0.15) is 28.9 Å². The molecule has 1 fully saturated rings. The number of ketones is 1. The van der Waals surface area contributed by atoms with Gasteiger partial charge >= 0.3 is 0 Å². The SMILES string of the molecule is O=C(c1cc2sccc2s1)C1CCC1. The molecule has 3 heteroatoms. The maximum Gasteiger partial charge on any atom is 0.175 e. The van der Waals surface area contributed by atoms with Crippen molar-refractivity contribution >= 4 is 37.9 Å². The molecule has 0 radical (unpaired) electrons. The molecule has 0 atom stereocenters. The number of rotatable bonds is 2. The van der Waals surface area contributed by atoms with E-state index in [-0.39, 0.29) is 0 Å². The molecule has 0 bridgehead atoms. The van der Waals surface area contributed by atoms with Gasteiger partial charge in [0.25, 0.3) is 0 Å². The Labute approximate surface area is 90.4 Å². The van der Waals surface area contributed by atoms with Crippen LogP contribution in [0.25, 0.3) is 9.40 Å². The molecule has 1 aliphatic carbocycles. The number of thiophene rings is 2. The largest absolute Gasteiger partial charge is 0.293 e. The summed E-state index contributed by atoms with van der Waals surface area (Å²) in [5, 5.41) is 2.08. The van der Waals surface area contributed by atoms with Gasteiger partial charge in [0.2, 0.25) is 0 Å². The fourth-order valence-electron chi connectivity index (χ4n) is 1.76. The van der Waals surface area contributed by atoms with Gasteiger partial charge in [-0.1, -0.05) is 6.42 Å². The van der Waals surface area contributed by atoms with Gasteiger partial charge in [-0.05, 0) is 30.4 Å². The summed E-state index contributed by atoms with van der Waals surface area (Å²) in [5.41, 5.74) is 0. The quantitative estimate of drug-likeness (QED) is 0.703. The van der Waals surface area contributed by atoms with Crippen LogP contribution in [-0.4, -0.2) is 5.78 Å². The summed E-state index contributed by atoms with van der Waals surface area (Å²) >= 11 is 3.37. The van der Waals surface area contributed by atoms with Crippen molar-refractivity contribution in [1.29, 1.82) is 0 Å². The van der Waals surface area contributed by atoms with Crippen LogP contribution in [0.3, 0.4) is 0 Å². The normalized spacial score (nSPS) is 17.1. The average Bonchev–Trinajstić information content (AvgIpc) is 2.56. The Balaban J connectivity index is 1.96. The topological polar surface area (TPSA) is 17.1 Å². The number of Topliss-reactive ketones (excluding diaryl/α,β-unsaturated/α-hetero) is 1. The number of hydrogen-bond donors (Lipinski definition) is 0. The lowest BCUT2D eigenvalue weighted by atomic mass is 9.82. The predicted octanol–water partition coefficient (Wildman–Crippen LogP) is 3.95. The van der Waals surface area contributed by atoms with Crippen molar-refractivity contribution in [2.45, 2.75) is 19.3 Å². The summed E-state index contributed by atoms with van der Waals surface area (Å²) in [6.07, 6.45) is 3.44. The van der Waals surface area contributed by atoms with Gasteiger partial charge in [0.15, 0.2) is 5.78 Å². The second kappa shape index (κ2) is 3.17. The van der Waals surface area contributed by atoms with E-state index in [1.54, 1.807) is 22.7 Å². The Morgan fingerprint density at radius 2 is 2.21 bits per heavy atom. The average molecular weight is 222 g/mol. The number of carbonyl (C=O) groups excluding carboxylic acids is 1. The van der Waals surface area contributed by atoms with Gasteiger partial charge in [0.05, 0.1) is 4.88 Å². The minimum atomic E-state index is 0.336. The lowest BCUT2D eigenvalue weighted by Crippen LogP contribution is -2.20. The second-order valence-electron chi connectivity index (χ2n) is 3.75. The van der Waals surface area contributed by atoms with Crippen molar-refractivity contribution < 1.29 is 4.79 Å². The number of hydrogen-bond acceptors (Lipinski definition) is 3. The molecule has 72 valence electrons. The molecule has 0 saturated heterocycles. The Hall–Kier alpha value is -0.670. The summed E-state index contributed by atoms with van der Waals surface area (Å²) in [4.78, 5) is 12.9. The van der Waals surface area contributed by atoms with Crippen LogP contribution in [0.2, 0.25) is 0 Å². The molecule has 0 unspecified atom stereocenters. The van der Waals surface area contributed by atoms with Crippen LogP contribution in [0.15, 0.2) is 17.5 Å². The van der Waals surface area contributed by atoms with Crippen LogP contribution in [0.5, 0.6) is 0 Å². The first kappa shape index (κ1) is 8.62. The minimum absolute atomic E-state index is 0.336. The van der Waals surface area contributed by atoms with Gasteiger partial charge in [0.1, 0.15) is 0 Å². The van der Waals surface area contributed by atoms with Crippen LogP contribution in [0.4, 0.5) is 0 Å². The highest BCUT2D eigenvalue weighted by atomic mass is 32.1. The fourth-order valence-corrected chi connectivity index (χ4v) is 3.89. The van der Waals surface area contributed by atoms with Crippen LogP contribution in [-0.2, 0) is 0 Å². The van der Waals surface area contributed by atoms with Crippen LogP contribution >= 0.6 is 22.7 Å². The maximum absolute atomic E-state index is 11.9. The third-order valence-corrected chi connectivity index (χ3v) is 4.97. The van der Waals surface area contributed by atoms with Crippen molar-refractivity contribution in [1.82, 2.24) is 0 Å². The lowest BCUT2D eigenvalue weighted by molar-refractivity contribution is 0.0860. The van der Waals surface area contributed by atoms with E-state index in [1.165, 1.54) is 15.8 Å². The van der Waals surface area contributed by atoms with Gasteiger partial charge < -0.3 is 0 Å². The van der Waals surface area contributed by atoms with Gasteiger partial charge in [-0.2, -0.15) is 0 Å².